The van der Waals surface area contributed by atoms with Gasteiger partial charge in [-0.05, 0) is 44.2 Å². The quantitative estimate of drug-likeness (QED) is 0.395. The maximum Gasteiger partial charge on any atom is 0.191 e. The minimum Gasteiger partial charge on any atom is -0.444 e. The Morgan fingerprint density at radius 2 is 2.24 bits per heavy atom. The topological polar surface area (TPSA) is 65.9 Å². The predicted octanol–water partition coefficient (Wildman–Crippen LogP) is 4.17. The zero-order valence-electron chi connectivity index (χ0n) is 14.6. The standard InChI is InChI=1S/C19H21N5O/c1-4-6-18(5-2)25-14(3)20-11-16-12-24(13-21-16)17-7-8-19-15(9-17)10-22-23-19/h4-11,13H,12H2,1-3H3,(H,22,23)/b6-4-,16-11+,18-5+,20-14?. The Bertz CT molecular complexity index is 901. The van der Waals surface area contributed by atoms with Crippen molar-refractivity contribution >= 4 is 28.8 Å². The van der Waals surface area contributed by atoms with E-state index >= 15 is 0 Å². The first kappa shape index (κ1) is 16.7. The van der Waals surface area contributed by atoms with Crippen LogP contribution < -0.4 is 4.90 Å². The highest BCUT2D eigenvalue weighted by molar-refractivity contribution is 5.89. The molecule has 6 heteroatoms. The van der Waals surface area contributed by atoms with E-state index in [1.54, 1.807) is 6.20 Å². The second-order valence-electron chi connectivity index (χ2n) is 5.58. The first-order chi connectivity index (χ1) is 12.2. The first-order valence-corrected chi connectivity index (χ1v) is 8.14. The number of hydrogen-bond acceptors (Lipinski definition) is 5. The third-order valence-corrected chi connectivity index (χ3v) is 3.73. The van der Waals surface area contributed by atoms with Gasteiger partial charge >= 0.3 is 0 Å². The Balaban J connectivity index is 1.66. The fourth-order valence-electron chi connectivity index (χ4n) is 2.46. The summed E-state index contributed by atoms with van der Waals surface area (Å²) in [6.45, 7) is 6.37. The van der Waals surface area contributed by atoms with E-state index in [1.165, 1.54) is 0 Å². The molecule has 1 aromatic carbocycles. The fraction of sp³-hybridized carbons (Fsp3) is 0.211. The number of rotatable bonds is 4. The lowest BCUT2D eigenvalue weighted by molar-refractivity contribution is 0.429. The summed E-state index contributed by atoms with van der Waals surface area (Å²) in [4.78, 5) is 10.8. The Labute approximate surface area is 146 Å². The molecule has 0 saturated carbocycles. The molecule has 0 amide bonds. The smallest absolute Gasteiger partial charge is 0.191 e. The molecule has 1 aliphatic heterocycles. The number of nitrogens with one attached hydrogen (secondary N) is 1. The van der Waals surface area contributed by atoms with Crippen molar-refractivity contribution in [3.8, 4) is 0 Å². The van der Waals surface area contributed by atoms with Crippen molar-refractivity contribution in [3.63, 3.8) is 0 Å². The van der Waals surface area contributed by atoms with Gasteiger partial charge in [-0.25, -0.2) is 9.98 Å². The summed E-state index contributed by atoms with van der Waals surface area (Å²) in [7, 11) is 0. The Morgan fingerprint density at radius 1 is 1.36 bits per heavy atom. The molecule has 2 heterocycles. The molecule has 25 heavy (non-hydrogen) atoms. The van der Waals surface area contributed by atoms with E-state index in [0.717, 1.165) is 28.0 Å². The fourth-order valence-corrected chi connectivity index (χ4v) is 2.46. The molecular formula is C19H21N5O. The Kier molecular flexibility index (Phi) is 5.09. The van der Waals surface area contributed by atoms with Crippen LogP contribution in [0.15, 0.2) is 70.3 Å². The number of aliphatic imine (C=N–C) groups is 2. The minimum absolute atomic E-state index is 0.576. The molecule has 0 spiro atoms. The van der Waals surface area contributed by atoms with Gasteiger partial charge in [0.1, 0.15) is 5.76 Å². The molecule has 1 N–H and O–H groups in total. The number of nitrogens with zero attached hydrogens (tertiary/aromatic N) is 4. The van der Waals surface area contributed by atoms with E-state index in [2.05, 4.69) is 31.1 Å². The molecule has 0 unspecified atom stereocenters. The van der Waals surface area contributed by atoms with Crippen LogP contribution in [0.3, 0.4) is 0 Å². The van der Waals surface area contributed by atoms with Gasteiger partial charge in [-0.2, -0.15) is 5.10 Å². The van der Waals surface area contributed by atoms with E-state index in [1.807, 2.05) is 63.7 Å². The summed E-state index contributed by atoms with van der Waals surface area (Å²) in [6.07, 6.45) is 11.1. The van der Waals surface area contributed by atoms with Crippen LogP contribution in [0.2, 0.25) is 0 Å². The molecule has 0 radical (unpaired) electrons. The van der Waals surface area contributed by atoms with Gasteiger partial charge in [-0.15, -0.1) is 0 Å². The van der Waals surface area contributed by atoms with Gasteiger partial charge in [-0.1, -0.05) is 6.08 Å². The van der Waals surface area contributed by atoms with Crippen molar-refractivity contribution in [1.29, 1.82) is 0 Å². The molecule has 2 aromatic rings. The molecule has 0 aliphatic carbocycles. The van der Waals surface area contributed by atoms with Crippen LogP contribution in [-0.2, 0) is 4.74 Å². The van der Waals surface area contributed by atoms with E-state index in [4.69, 9.17) is 4.74 Å². The molecule has 0 saturated heterocycles. The van der Waals surface area contributed by atoms with Crippen molar-refractivity contribution in [2.45, 2.75) is 20.8 Å². The van der Waals surface area contributed by atoms with Crippen LogP contribution in [0, 0.1) is 0 Å². The average Bonchev–Trinajstić information content (AvgIpc) is 3.27. The van der Waals surface area contributed by atoms with Crippen LogP contribution in [0.4, 0.5) is 5.69 Å². The molecule has 6 nitrogen and oxygen atoms in total. The molecule has 1 aromatic heterocycles. The van der Waals surface area contributed by atoms with Crippen LogP contribution >= 0.6 is 0 Å². The van der Waals surface area contributed by atoms with E-state index < -0.39 is 0 Å². The number of aromatic nitrogens is 2. The van der Waals surface area contributed by atoms with Gasteiger partial charge in [0.15, 0.2) is 5.90 Å². The monoisotopic (exact) mass is 335 g/mol. The number of fused-ring (bicyclic) bond motifs is 1. The zero-order valence-corrected chi connectivity index (χ0v) is 14.6. The lowest BCUT2D eigenvalue weighted by Crippen LogP contribution is -2.17. The number of anilines is 1. The minimum atomic E-state index is 0.576. The van der Waals surface area contributed by atoms with Crippen molar-refractivity contribution in [2.75, 3.05) is 11.4 Å². The second-order valence-corrected chi connectivity index (χ2v) is 5.58. The number of aromatic amines is 1. The van der Waals surface area contributed by atoms with Crippen LogP contribution in [0.1, 0.15) is 20.8 Å². The first-order valence-electron chi connectivity index (χ1n) is 8.14. The molecule has 0 atom stereocenters. The Hall–Kier alpha value is -3.15. The van der Waals surface area contributed by atoms with Gasteiger partial charge < -0.3 is 9.64 Å². The normalized spacial score (nSPS) is 17.4. The number of hydrogen-bond donors (Lipinski definition) is 1. The van der Waals surface area contributed by atoms with Gasteiger partial charge in [0.25, 0.3) is 0 Å². The maximum absolute atomic E-state index is 5.65. The molecule has 3 rings (SSSR count). The lowest BCUT2D eigenvalue weighted by atomic mass is 10.2. The summed E-state index contributed by atoms with van der Waals surface area (Å²) < 4.78 is 5.65. The average molecular weight is 335 g/mol. The van der Waals surface area contributed by atoms with Gasteiger partial charge in [0.05, 0.1) is 36.5 Å². The number of H-pyrrole nitrogens is 1. The highest BCUT2D eigenvalue weighted by atomic mass is 16.5. The lowest BCUT2D eigenvalue weighted by Gasteiger charge is -2.13. The molecule has 0 fully saturated rings. The van der Waals surface area contributed by atoms with Gasteiger partial charge in [0.2, 0.25) is 0 Å². The van der Waals surface area contributed by atoms with Gasteiger partial charge in [-0.3, -0.25) is 5.10 Å². The molecular weight excluding hydrogens is 314 g/mol. The maximum atomic E-state index is 5.65. The van der Waals surface area contributed by atoms with E-state index in [0.29, 0.717) is 12.4 Å². The van der Waals surface area contributed by atoms with Crippen molar-refractivity contribution in [3.05, 3.63) is 60.3 Å². The third kappa shape index (κ3) is 4.03. The SMILES string of the molecule is C/C=C\C(=C/C)OC(C)=N/C=C1\CN(c2ccc3[nH]ncc3c2)C=N1. The highest BCUT2D eigenvalue weighted by Gasteiger charge is 2.13. The second kappa shape index (κ2) is 7.61. The molecule has 0 bridgehead atoms. The number of allylic oxidation sites excluding steroid dienone is 3. The summed E-state index contributed by atoms with van der Waals surface area (Å²) in [5.74, 6) is 1.35. The number of benzene rings is 1. The Morgan fingerprint density at radius 3 is 3.04 bits per heavy atom. The van der Waals surface area contributed by atoms with E-state index in [-0.39, 0.29) is 0 Å². The summed E-state index contributed by atoms with van der Waals surface area (Å²) >= 11 is 0. The summed E-state index contributed by atoms with van der Waals surface area (Å²) in [5.41, 5.74) is 2.97. The number of ether oxygens (including phenoxy) is 1. The summed E-state index contributed by atoms with van der Waals surface area (Å²) in [6, 6.07) is 6.15. The highest BCUT2D eigenvalue weighted by Crippen LogP contribution is 2.23. The van der Waals surface area contributed by atoms with E-state index in [9.17, 15) is 0 Å². The van der Waals surface area contributed by atoms with Crippen molar-refractivity contribution in [2.24, 2.45) is 9.98 Å². The van der Waals surface area contributed by atoms with Crippen LogP contribution in [-0.4, -0.2) is 29.0 Å². The largest absolute Gasteiger partial charge is 0.444 e. The van der Waals surface area contributed by atoms with Crippen LogP contribution in [0.5, 0.6) is 0 Å². The predicted molar refractivity (Wildman–Crippen MR) is 103 cm³/mol. The van der Waals surface area contributed by atoms with Crippen molar-refractivity contribution < 1.29 is 4.74 Å². The zero-order chi connectivity index (χ0) is 17.6. The summed E-state index contributed by atoms with van der Waals surface area (Å²) in [5, 5.41) is 8.08. The molecule has 128 valence electrons. The van der Waals surface area contributed by atoms with Crippen molar-refractivity contribution in [1.82, 2.24) is 10.2 Å². The third-order valence-electron chi connectivity index (χ3n) is 3.73. The van der Waals surface area contributed by atoms with Crippen LogP contribution in [0.25, 0.3) is 10.9 Å². The molecule has 1 aliphatic rings. The van der Waals surface area contributed by atoms with Gasteiger partial charge in [0, 0.05) is 18.0 Å².